The minimum atomic E-state index is -2.93. The molecule has 0 radical (unpaired) electrons. The van der Waals surface area contributed by atoms with Gasteiger partial charge in [0.2, 0.25) is 11.2 Å². The molecule has 1 atom stereocenters. The van der Waals surface area contributed by atoms with Crippen LogP contribution in [0.3, 0.4) is 0 Å². The second kappa shape index (κ2) is 9.15. The number of fused-ring (bicyclic) bond motifs is 1. The molecule has 1 fully saturated rings. The number of carbonyl (C=O) groups is 1. The molecule has 0 unspecified atom stereocenters. The van der Waals surface area contributed by atoms with Crippen LogP contribution in [0.25, 0.3) is 0 Å². The van der Waals surface area contributed by atoms with Crippen molar-refractivity contribution in [2.75, 3.05) is 18.4 Å². The molecule has 1 amide bonds. The summed E-state index contributed by atoms with van der Waals surface area (Å²) in [7, 11) is 0. The fourth-order valence-corrected chi connectivity index (χ4v) is 4.56. The highest BCUT2D eigenvalue weighted by Crippen LogP contribution is 2.37. The number of carbonyl (C=O) groups excluding carboxylic acids is 1. The van der Waals surface area contributed by atoms with E-state index >= 15 is 0 Å². The molecule has 3 heterocycles. The summed E-state index contributed by atoms with van der Waals surface area (Å²) >= 11 is 6.09. The number of benzene rings is 1. The Morgan fingerprint density at radius 2 is 1.97 bits per heavy atom. The van der Waals surface area contributed by atoms with Gasteiger partial charge < -0.3 is 15.5 Å². The van der Waals surface area contributed by atoms with Gasteiger partial charge in [-0.2, -0.15) is 5.26 Å². The molecular formula is C22H22ClF3N6O. The molecule has 1 saturated heterocycles. The second-order valence-electron chi connectivity index (χ2n) is 8.29. The van der Waals surface area contributed by atoms with Crippen molar-refractivity contribution < 1.29 is 18.0 Å². The number of amides is 1. The van der Waals surface area contributed by atoms with Gasteiger partial charge in [-0.15, -0.1) is 0 Å². The molecule has 0 saturated carbocycles. The molecule has 0 spiro atoms. The number of hydrogen-bond donors (Lipinski definition) is 2. The van der Waals surface area contributed by atoms with Crippen LogP contribution in [0.15, 0.2) is 18.2 Å². The maximum absolute atomic E-state index is 14.6. The van der Waals surface area contributed by atoms with Crippen molar-refractivity contribution in [1.29, 1.82) is 5.26 Å². The summed E-state index contributed by atoms with van der Waals surface area (Å²) in [4.78, 5) is 23.2. The van der Waals surface area contributed by atoms with Gasteiger partial charge in [0.15, 0.2) is 0 Å². The Labute approximate surface area is 194 Å². The lowest BCUT2D eigenvalue weighted by molar-refractivity contribution is -0.141. The third kappa shape index (κ3) is 4.35. The second-order valence-corrected chi connectivity index (χ2v) is 8.63. The van der Waals surface area contributed by atoms with Gasteiger partial charge >= 0.3 is 0 Å². The number of nitrogens with zero attached hydrogens (tertiary/aromatic N) is 4. The zero-order valence-electron chi connectivity index (χ0n) is 17.8. The van der Waals surface area contributed by atoms with E-state index in [0.717, 1.165) is 6.07 Å². The highest BCUT2D eigenvalue weighted by atomic mass is 35.5. The van der Waals surface area contributed by atoms with Crippen molar-refractivity contribution in [1.82, 2.24) is 20.2 Å². The van der Waals surface area contributed by atoms with Crippen molar-refractivity contribution in [3.63, 3.8) is 0 Å². The molecule has 33 heavy (non-hydrogen) atoms. The number of nitrogens with one attached hydrogen (secondary N) is 2. The zero-order chi connectivity index (χ0) is 23.8. The van der Waals surface area contributed by atoms with Crippen LogP contribution in [0.4, 0.5) is 19.0 Å². The summed E-state index contributed by atoms with van der Waals surface area (Å²) in [6.07, 6.45) is -2.09. The molecular weight excluding hydrogens is 457 g/mol. The van der Waals surface area contributed by atoms with E-state index in [9.17, 15) is 23.2 Å². The van der Waals surface area contributed by atoms with Crippen LogP contribution >= 0.6 is 11.6 Å². The van der Waals surface area contributed by atoms with E-state index in [4.69, 9.17) is 11.6 Å². The van der Waals surface area contributed by atoms with Gasteiger partial charge in [-0.3, -0.25) is 4.79 Å². The van der Waals surface area contributed by atoms with E-state index in [-0.39, 0.29) is 29.8 Å². The van der Waals surface area contributed by atoms with Crippen molar-refractivity contribution in [3.8, 4) is 6.07 Å². The van der Waals surface area contributed by atoms with E-state index in [2.05, 4.69) is 26.7 Å². The maximum atomic E-state index is 14.6. The smallest absolute Gasteiger partial charge is 0.266 e. The van der Waals surface area contributed by atoms with E-state index < -0.39 is 29.3 Å². The Balaban J connectivity index is 1.59. The largest absolute Gasteiger partial charge is 0.363 e. The lowest BCUT2D eigenvalue weighted by Gasteiger charge is -2.33. The Morgan fingerprint density at radius 1 is 1.27 bits per heavy atom. The van der Waals surface area contributed by atoms with Crippen LogP contribution < -0.4 is 10.6 Å². The fourth-order valence-electron chi connectivity index (χ4n) is 4.37. The van der Waals surface area contributed by atoms with Crippen molar-refractivity contribution in [2.45, 2.75) is 45.3 Å². The maximum Gasteiger partial charge on any atom is 0.266 e. The molecule has 0 bridgehead atoms. The summed E-state index contributed by atoms with van der Waals surface area (Å²) in [5, 5.41) is 15.9. The molecule has 1 aromatic carbocycles. The first-order valence-corrected chi connectivity index (χ1v) is 10.9. The van der Waals surface area contributed by atoms with E-state index in [1.54, 1.807) is 11.8 Å². The Kier molecular flexibility index (Phi) is 6.45. The normalized spacial score (nSPS) is 18.0. The van der Waals surface area contributed by atoms with Gasteiger partial charge in [0.05, 0.1) is 36.5 Å². The van der Waals surface area contributed by atoms with Crippen molar-refractivity contribution in [3.05, 3.63) is 51.7 Å². The molecule has 2 aromatic rings. The third-order valence-electron chi connectivity index (χ3n) is 6.24. The quantitative estimate of drug-likeness (QED) is 0.628. The third-order valence-corrected chi connectivity index (χ3v) is 6.41. The van der Waals surface area contributed by atoms with Gasteiger partial charge in [-0.25, -0.2) is 23.1 Å². The first-order valence-electron chi connectivity index (χ1n) is 10.6. The van der Waals surface area contributed by atoms with Gasteiger partial charge in [0.1, 0.15) is 17.1 Å². The van der Waals surface area contributed by atoms with Crippen LogP contribution in [-0.4, -0.2) is 33.9 Å². The topological polar surface area (TPSA) is 93.9 Å². The van der Waals surface area contributed by atoms with Crippen molar-refractivity contribution >= 4 is 23.3 Å². The molecule has 7 nitrogen and oxygen atoms in total. The number of alkyl halides is 2. The number of hydrogen-bond acceptors (Lipinski definition) is 6. The highest BCUT2D eigenvalue weighted by molar-refractivity contribution is 6.28. The minimum Gasteiger partial charge on any atom is -0.363 e. The predicted molar refractivity (Wildman–Crippen MR) is 115 cm³/mol. The predicted octanol–water partition coefficient (Wildman–Crippen LogP) is 4.12. The average Bonchev–Trinajstić information content (AvgIpc) is 3.23. The summed E-state index contributed by atoms with van der Waals surface area (Å²) in [5.41, 5.74) is -0.577. The molecule has 2 N–H and O–H groups in total. The summed E-state index contributed by atoms with van der Waals surface area (Å²) in [6.45, 7) is 3.12. The molecule has 0 aliphatic carbocycles. The van der Waals surface area contributed by atoms with Gasteiger partial charge in [-0.05, 0) is 44.5 Å². The van der Waals surface area contributed by atoms with Crippen LogP contribution in [0.5, 0.6) is 0 Å². The zero-order valence-corrected chi connectivity index (χ0v) is 18.6. The minimum absolute atomic E-state index is 0.0559. The Hall–Kier alpha value is -2.90. The van der Waals surface area contributed by atoms with Gasteiger partial charge in [0, 0.05) is 11.1 Å². The number of rotatable bonds is 5. The van der Waals surface area contributed by atoms with E-state index in [1.165, 1.54) is 12.1 Å². The summed E-state index contributed by atoms with van der Waals surface area (Å²) in [6, 6.07) is 5.34. The highest BCUT2D eigenvalue weighted by Gasteiger charge is 2.44. The molecule has 2 aliphatic heterocycles. The van der Waals surface area contributed by atoms with Crippen LogP contribution in [-0.2, 0) is 17.9 Å². The SMILES string of the molecule is C[C@@H](Nc1nc(Cl)nc2c1CN(C(=O)C1(C#N)CCNCC1)C2)c1cccc(C(F)F)c1F. The lowest BCUT2D eigenvalue weighted by atomic mass is 9.79. The first-order chi connectivity index (χ1) is 15.8. The van der Waals surface area contributed by atoms with Crippen molar-refractivity contribution in [2.24, 2.45) is 5.41 Å². The van der Waals surface area contributed by atoms with Gasteiger partial charge in [-0.1, -0.05) is 18.2 Å². The van der Waals surface area contributed by atoms with Gasteiger partial charge in [0.25, 0.3) is 6.43 Å². The number of anilines is 1. The van der Waals surface area contributed by atoms with E-state index in [0.29, 0.717) is 43.0 Å². The molecule has 1 aromatic heterocycles. The fraction of sp³-hybridized carbons (Fsp3) is 0.455. The van der Waals surface area contributed by atoms with Crippen LogP contribution in [0, 0.1) is 22.6 Å². The summed E-state index contributed by atoms with van der Waals surface area (Å²) in [5.74, 6) is -0.954. The first kappa shape index (κ1) is 23.3. The van der Waals surface area contributed by atoms with E-state index in [1.807, 2.05) is 0 Å². The molecule has 11 heteroatoms. The lowest BCUT2D eigenvalue weighted by Crippen LogP contribution is -2.47. The number of nitriles is 1. The Bertz CT molecular complexity index is 1120. The molecule has 2 aliphatic rings. The monoisotopic (exact) mass is 478 g/mol. The number of halogens is 4. The standard InChI is InChI=1S/C22H22ClF3N6O/c1-12(13-3-2-4-14(17(13)24)18(25)26)29-19-15-9-32(10-16(15)30-21(23)31-19)20(33)22(11-27)5-7-28-8-6-22/h2-4,12,18,28H,5-10H2,1H3,(H,29,30,31)/t12-/m1/s1. The van der Waals surface area contributed by atoms with Crippen LogP contribution in [0.2, 0.25) is 5.28 Å². The Morgan fingerprint density at radius 3 is 2.64 bits per heavy atom. The molecule has 4 rings (SSSR count). The van der Waals surface area contributed by atoms with Crippen LogP contribution in [0.1, 0.15) is 54.6 Å². The summed E-state index contributed by atoms with van der Waals surface area (Å²) < 4.78 is 40.8. The number of piperidine rings is 1. The molecule has 174 valence electrons. The number of aromatic nitrogens is 2. The average molecular weight is 479 g/mol.